The summed E-state index contributed by atoms with van der Waals surface area (Å²) in [5, 5.41) is 17.2. The van der Waals surface area contributed by atoms with Crippen LogP contribution in [0.5, 0.6) is 0 Å². The van der Waals surface area contributed by atoms with Crippen molar-refractivity contribution in [3.63, 3.8) is 0 Å². The van der Waals surface area contributed by atoms with Crippen LogP contribution in [-0.4, -0.2) is 44.1 Å². The third-order valence-electron chi connectivity index (χ3n) is 2.89. The minimum absolute atomic E-state index is 0. The van der Waals surface area contributed by atoms with Crippen molar-refractivity contribution in [2.75, 3.05) is 5.75 Å². The van der Waals surface area contributed by atoms with E-state index in [1.54, 1.807) is 39.5 Å². The van der Waals surface area contributed by atoms with Crippen LogP contribution in [0.4, 0.5) is 0 Å². The molecule has 0 aromatic heterocycles. The number of amides is 1. The minimum atomic E-state index is -0.990. The van der Waals surface area contributed by atoms with Crippen molar-refractivity contribution in [3.05, 3.63) is 11.3 Å². The fourth-order valence-electron chi connectivity index (χ4n) is 1.57. The topological polar surface area (TPSA) is 94.9 Å². The molecule has 8 heteroatoms. The van der Waals surface area contributed by atoms with Gasteiger partial charge < -0.3 is 10.2 Å². The number of carbonyl (C=O) groups is 3. The molecular weight excluding hydrogens is 318 g/mol. The Balaban J connectivity index is 0.000000436. The monoisotopic (exact) mass is 337 g/mol. The lowest BCUT2D eigenvalue weighted by molar-refractivity contribution is -0.146. The molecule has 120 valence electrons. The predicted octanol–water partition coefficient (Wildman–Crippen LogP) is 2.19. The van der Waals surface area contributed by atoms with Crippen LogP contribution in [0, 0.1) is 5.41 Å². The second kappa shape index (κ2) is 7.17. The quantitative estimate of drug-likeness (QED) is 0.712. The highest BCUT2D eigenvalue weighted by Gasteiger charge is 2.44. The smallest absolute Gasteiger partial charge is 0.352 e. The van der Waals surface area contributed by atoms with E-state index in [0.717, 1.165) is 11.3 Å². The molecule has 0 aromatic rings. The normalized spacial score (nSPS) is 20.5. The van der Waals surface area contributed by atoms with E-state index in [4.69, 9.17) is 10.2 Å². The first kappa shape index (κ1) is 19.8. The van der Waals surface area contributed by atoms with Gasteiger partial charge in [-0.3, -0.25) is 14.5 Å². The van der Waals surface area contributed by atoms with Gasteiger partial charge in [-0.2, -0.15) is 0 Å². The fraction of sp³-hybridized carbons (Fsp3) is 0.615. The van der Waals surface area contributed by atoms with Crippen LogP contribution in [0.2, 0.25) is 0 Å². The molecule has 6 nitrogen and oxygen atoms in total. The number of β-lactam (4-membered cyclic amide) rings is 1. The maximum atomic E-state index is 11.1. The zero-order valence-corrected chi connectivity index (χ0v) is 14.0. The maximum absolute atomic E-state index is 11.1. The molecule has 1 amide bonds. The first-order valence-corrected chi connectivity index (χ1v) is 7.20. The van der Waals surface area contributed by atoms with E-state index in [-0.39, 0.29) is 29.4 Å². The van der Waals surface area contributed by atoms with Crippen molar-refractivity contribution in [2.45, 2.75) is 39.5 Å². The zero-order valence-electron chi connectivity index (χ0n) is 12.4. The summed E-state index contributed by atoms with van der Waals surface area (Å²) in [7, 11) is 0. The van der Waals surface area contributed by atoms with Gasteiger partial charge >= 0.3 is 11.9 Å². The van der Waals surface area contributed by atoms with Crippen LogP contribution in [0.1, 0.15) is 34.1 Å². The number of carboxylic acids is 2. The third-order valence-corrected chi connectivity index (χ3v) is 4.25. The molecule has 0 bridgehead atoms. The number of hydrogen-bond donors (Lipinski definition) is 2. The highest BCUT2D eigenvalue weighted by Crippen LogP contribution is 2.39. The molecule has 0 aromatic carbocycles. The Kier molecular flexibility index (Phi) is 6.76. The zero-order chi connectivity index (χ0) is 15.7. The lowest BCUT2D eigenvalue weighted by Gasteiger charge is -2.43. The number of rotatable bonds is 1. The summed E-state index contributed by atoms with van der Waals surface area (Å²) in [5.74, 6) is -1.10. The maximum Gasteiger partial charge on any atom is 0.352 e. The molecule has 0 aliphatic carbocycles. The lowest BCUT2D eigenvalue weighted by atomic mass is 9.98. The number of nitrogens with zero attached hydrogens (tertiary/aromatic N) is 1. The van der Waals surface area contributed by atoms with Crippen LogP contribution >= 0.6 is 24.2 Å². The van der Waals surface area contributed by atoms with Gasteiger partial charge in [-0.25, -0.2) is 4.79 Å². The Morgan fingerprint density at radius 2 is 1.76 bits per heavy atom. The van der Waals surface area contributed by atoms with E-state index in [0.29, 0.717) is 6.42 Å². The molecule has 2 N–H and O–H groups in total. The SMILES string of the molecule is CC(C)(C)C(=O)O.CC1=C(C(=O)O)N2C(=O)CC2SC1.Cl. The number of aliphatic carboxylic acids is 2. The third kappa shape index (κ3) is 4.64. The second-order valence-electron chi connectivity index (χ2n) is 5.72. The fourth-order valence-corrected chi connectivity index (χ4v) is 2.78. The van der Waals surface area contributed by atoms with Crippen LogP contribution in [0.15, 0.2) is 11.3 Å². The van der Waals surface area contributed by atoms with Gasteiger partial charge in [-0.15, -0.1) is 24.2 Å². The van der Waals surface area contributed by atoms with E-state index >= 15 is 0 Å². The average molecular weight is 338 g/mol. The molecule has 1 atom stereocenters. The molecule has 2 aliphatic rings. The molecule has 1 unspecified atom stereocenters. The molecule has 0 radical (unpaired) electrons. The van der Waals surface area contributed by atoms with Crippen molar-refractivity contribution < 1.29 is 24.6 Å². The summed E-state index contributed by atoms with van der Waals surface area (Å²) in [4.78, 5) is 33.4. The summed E-state index contributed by atoms with van der Waals surface area (Å²) in [6, 6.07) is 0. The van der Waals surface area contributed by atoms with E-state index < -0.39 is 17.4 Å². The van der Waals surface area contributed by atoms with Crippen molar-refractivity contribution in [1.29, 1.82) is 0 Å². The van der Waals surface area contributed by atoms with E-state index in [2.05, 4.69) is 0 Å². The van der Waals surface area contributed by atoms with Gasteiger partial charge in [0.1, 0.15) is 5.70 Å². The number of thioether (sulfide) groups is 1. The van der Waals surface area contributed by atoms with Crippen LogP contribution < -0.4 is 0 Å². The van der Waals surface area contributed by atoms with E-state index in [1.807, 2.05) is 0 Å². The second-order valence-corrected chi connectivity index (χ2v) is 6.89. The number of fused-ring (bicyclic) bond motifs is 1. The number of hydrogen-bond acceptors (Lipinski definition) is 4. The van der Waals surface area contributed by atoms with Gasteiger partial charge in [-0.1, -0.05) is 0 Å². The standard InChI is InChI=1S/C8H9NO3S.C5H10O2.ClH/c1-4-3-13-6-2-5(10)9(6)7(4)8(11)12;1-5(2,3)4(6)7;/h6H,2-3H2,1H3,(H,11,12);1-3H3,(H,6,7);1H. The molecule has 21 heavy (non-hydrogen) atoms. The number of carboxylic acid groups (broad SMARTS) is 2. The summed E-state index contributed by atoms with van der Waals surface area (Å²) < 4.78 is 0. The Morgan fingerprint density at radius 1 is 1.29 bits per heavy atom. The van der Waals surface area contributed by atoms with E-state index in [1.165, 1.54) is 4.90 Å². The molecule has 2 rings (SSSR count). The predicted molar refractivity (Wildman–Crippen MR) is 82.4 cm³/mol. The molecule has 1 fully saturated rings. The molecule has 2 aliphatic heterocycles. The van der Waals surface area contributed by atoms with Gasteiger partial charge in [0.25, 0.3) is 0 Å². The molecule has 0 saturated carbocycles. The largest absolute Gasteiger partial charge is 0.481 e. The summed E-state index contributed by atoms with van der Waals surface area (Å²) >= 11 is 1.63. The minimum Gasteiger partial charge on any atom is -0.481 e. The highest BCUT2D eigenvalue weighted by atomic mass is 35.5. The van der Waals surface area contributed by atoms with Gasteiger partial charge in [0.15, 0.2) is 0 Å². The van der Waals surface area contributed by atoms with Crippen LogP contribution in [0.3, 0.4) is 0 Å². The highest BCUT2D eigenvalue weighted by molar-refractivity contribution is 8.00. The van der Waals surface area contributed by atoms with Crippen LogP contribution in [0.25, 0.3) is 0 Å². The van der Waals surface area contributed by atoms with E-state index in [9.17, 15) is 14.4 Å². The summed E-state index contributed by atoms with van der Waals surface area (Å²) in [6.45, 7) is 6.75. The number of carbonyl (C=O) groups excluding carboxylic acids is 1. The van der Waals surface area contributed by atoms with Crippen LogP contribution in [-0.2, 0) is 14.4 Å². The Labute approximate surface area is 134 Å². The van der Waals surface area contributed by atoms with Crippen molar-refractivity contribution in [2.24, 2.45) is 5.41 Å². The van der Waals surface area contributed by atoms with Gasteiger partial charge in [-0.05, 0) is 33.3 Å². The lowest BCUT2D eigenvalue weighted by Crippen LogP contribution is -2.53. The Bertz CT molecular complexity index is 483. The molecule has 0 spiro atoms. The summed E-state index contributed by atoms with van der Waals surface area (Å²) in [5.41, 5.74) is 0.391. The van der Waals surface area contributed by atoms with Crippen molar-refractivity contribution >= 4 is 42.0 Å². The average Bonchev–Trinajstić information content (AvgIpc) is 2.29. The van der Waals surface area contributed by atoms with Gasteiger partial charge in [0.2, 0.25) is 5.91 Å². The first-order valence-electron chi connectivity index (χ1n) is 6.15. The summed E-state index contributed by atoms with van der Waals surface area (Å²) in [6.07, 6.45) is 0.481. The van der Waals surface area contributed by atoms with Crippen molar-refractivity contribution in [3.8, 4) is 0 Å². The van der Waals surface area contributed by atoms with Gasteiger partial charge in [0, 0.05) is 5.75 Å². The first-order chi connectivity index (χ1) is 9.05. The van der Waals surface area contributed by atoms with Crippen molar-refractivity contribution in [1.82, 2.24) is 4.90 Å². The van der Waals surface area contributed by atoms with Gasteiger partial charge in [0.05, 0.1) is 17.2 Å². The Morgan fingerprint density at radius 3 is 2.05 bits per heavy atom. The Hall–Kier alpha value is -1.21. The molecule has 2 heterocycles. The molecular formula is C13H20ClNO5S. The molecule has 1 saturated heterocycles. The number of halogens is 1.